The summed E-state index contributed by atoms with van der Waals surface area (Å²) in [5.74, 6) is -0.647. The summed E-state index contributed by atoms with van der Waals surface area (Å²) in [5.41, 5.74) is 1.83. The molecule has 1 aliphatic rings. The minimum atomic E-state index is -0.501. The van der Waals surface area contributed by atoms with Crippen molar-refractivity contribution in [3.8, 4) is 11.1 Å². The van der Waals surface area contributed by atoms with Gasteiger partial charge in [-0.3, -0.25) is 9.59 Å². The molecule has 0 aliphatic heterocycles. The number of carbonyl (C=O) groups is 2. The summed E-state index contributed by atoms with van der Waals surface area (Å²) in [7, 11) is 0. The van der Waals surface area contributed by atoms with Gasteiger partial charge >= 0.3 is 0 Å². The maximum atomic E-state index is 14.7. The summed E-state index contributed by atoms with van der Waals surface area (Å²) >= 11 is 6.39. The fraction of sp³-hybridized carbons (Fsp3) is 0.435. The number of hydrogen-bond acceptors (Lipinski definition) is 5. The number of amides is 2. The highest BCUT2D eigenvalue weighted by molar-refractivity contribution is 6.33. The average molecular weight is 473 g/mol. The van der Waals surface area contributed by atoms with Crippen molar-refractivity contribution in [1.82, 2.24) is 25.3 Å². The van der Waals surface area contributed by atoms with Crippen molar-refractivity contribution >= 4 is 40.3 Å². The molecule has 0 saturated heterocycles. The molecule has 1 aromatic carbocycles. The first-order valence-electron chi connectivity index (χ1n) is 11.0. The van der Waals surface area contributed by atoms with Crippen LogP contribution in [0.2, 0.25) is 5.02 Å². The lowest BCUT2D eigenvalue weighted by Crippen LogP contribution is -2.40. The van der Waals surface area contributed by atoms with Gasteiger partial charge in [0, 0.05) is 36.7 Å². The molecule has 174 valence electrons. The quantitative estimate of drug-likeness (QED) is 0.569. The van der Waals surface area contributed by atoms with Crippen molar-refractivity contribution < 1.29 is 14.0 Å². The first kappa shape index (κ1) is 23.1. The zero-order valence-corrected chi connectivity index (χ0v) is 19.5. The molecule has 0 bridgehead atoms. The Hall–Kier alpha value is -3.07. The van der Waals surface area contributed by atoms with Crippen molar-refractivity contribution in [2.24, 2.45) is 5.92 Å². The molecule has 1 saturated carbocycles. The van der Waals surface area contributed by atoms with Gasteiger partial charge in [0.25, 0.3) is 0 Å². The van der Waals surface area contributed by atoms with Crippen molar-refractivity contribution in [2.75, 3.05) is 5.32 Å². The third-order valence-corrected chi connectivity index (χ3v) is 6.19. The Kier molecular flexibility index (Phi) is 6.60. The number of rotatable bonds is 5. The van der Waals surface area contributed by atoms with Crippen LogP contribution in [0.1, 0.15) is 52.5 Å². The van der Waals surface area contributed by atoms with Gasteiger partial charge in [0.2, 0.25) is 11.8 Å². The van der Waals surface area contributed by atoms with Crippen LogP contribution in [-0.4, -0.2) is 37.8 Å². The summed E-state index contributed by atoms with van der Waals surface area (Å²) in [6, 6.07) is 4.77. The second-order valence-corrected chi connectivity index (χ2v) is 9.16. The highest BCUT2D eigenvalue weighted by Gasteiger charge is 2.28. The molecule has 0 spiro atoms. The van der Waals surface area contributed by atoms with Gasteiger partial charge in [-0.25, -0.2) is 14.1 Å². The third kappa shape index (κ3) is 4.98. The summed E-state index contributed by atoms with van der Waals surface area (Å²) in [6.07, 6.45) is 4.49. The van der Waals surface area contributed by atoms with E-state index in [1.54, 1.807) is 16.8 Å². The van der Waals surface area contributed by atoms with Gasteiger partial charge in [-0.05, 0) is 56.9 Å². The fourth-order valence-electron chi connectivity index (χ4n) is 4.34. The number of halogens is 2. The van der Waals surface area contributed by atoms with E-state index >= 15 is 0 Å². The first-order valence-corrected chi connectivity index (χ1v) is 11.4. The smallest absolute Gasteiger partial charge is 0.228 e. The Morgan fingerprint density at radius 3 is 2.76 bits per heavy atom. The molecule has 10 heteroatoms. The topological polar surface area (TPSA) is 102 Å². The van der Waals surface area contributed by atoms with E-state index in [4.69, 9.17) is 11.6 Å². The number of benzene rings is 1. The molecule has 33 heavy (non-hydrogen) atoms. The number of carbonyl (C=O) groups excluding carboxylic acids is 2. The summed E-state index contributed by atoms with van der Waals surface area (Å²) in [5, 5.41) is 14.1. The van der Waals surface area contributed by atoms with Crippen LogP contribution < -0.4 is 10.6 Å². The number of nitrogens with zero attached hydrogens (tertiary/aromatic N) is 4. The highest BCUT2D eigenvalue weighted by Crippen LogP contribution is 2.33. The van der Waals surface area contributed by atoms with Crippen LogP contribution in [0.3, 0.4) is 0 Å². The maximum Gasteiger partial charge on any atom is 0.228 e. The van der Waals surface area contributed by atoms with E-state index in [0.29, 0.717) is 33.9 Å². The van der Waals surface area contributed by atoms with Gasteiger partial charge in [0.15, 0.2) is 5.82 Å². The Balaban J connectivity index is 1.59. The Bertz CT molecular complexity index is 1210. The molecule has 2 heterocycles. The molecule has 1 fully saturated rings. The molecule has 1 aliphatic carbocycles. The van der Waals surface area contributed by atoms with Crippen molar-refractivity contribution in [3.63, 3.8) is 0 Å². The van der Waals surface area contributed by atoms with Crippen LogP contribution >= 0.6 is 11.6 Å². The van der Waals surface area contributed by atoms with Crippen LogP contribution in [0.4, 0.5) is 10.2 Å². The summed E-state index contributed by atoms with van der Waals surface area (Å²) in [4.78, 5) is 28.5. The minimum absolute atomic E-state index is 0.00391. The van der Waals surface area contributed by atoms with Gasteiger partial charge < -0.3 is 10.6 Å². The van der Waals surface area contributed by atoms with Gasteiger partial charge in [-0.15, -0.1) is 5.10 Å². The van der Waals surface area contributed by atoms with Crippen molar-refractivity contribution in [2.45, 2.75) is 58.5 Å². The predicted molar refractivity (Wildman–Crippen MR) is 124 cm³/mol. The minimum Gasteiger partial charge on any atom is -0.354 e. The molecule has 2 atom stereocenters. The van der Waals surface area contributed by atoms with Crippen LogP contribution in [0.15, 0.2) is 24.4 Å². The standard InChI is InChI=1S/C23H26ClFN6O2/c1-12(2)31-20-9-15(8-19(25)22(20)29-30-31)17-10-21(26-11-18(17)24)28-23(33)14-5-4-6-16(7-14)27-13(3)32/h8-12,14,16H,4-7H2,1-3H3,(H,27,32)(H,26,28,33)/t14-,16+/m0/s1. The van der Waals surface area contributed by atoms with E-state index in [1.165, 1.54) is 19.2 Å². The molecule has 2 amide bonds. The lowest BCUT2D eigenvalue weighted by molar-refractivity contribution is -0.123. The third-order valence-electron chi connectivity index (χ3n) is 5.89. The van der Waals surface area contributed by atoms with Gasteiger partial charge in [0.1, 0.15) is 11.3 Å². The number of nitrogens with one attached hydrogen (secondary N) is 2. The number of aromatic nitrogens is 4. The lowest BCUT2D eigenvalue weighted by Gasteiger charge is -2.28. The second kappa shape index (κ2) is 9.43. The van der Waals surface area contributed by atoms with Gasteiger partial charge in [-0.2, -0.15) is 0 Å². The maximum absolute atomic E-state index is 14.7. The highest BCUT2D eigenvalue weighted by atomic mass is 35.5. The SMILES string of the molecule is CC(=O)N[C@@H]1CCC[C@H](C(=O)Nc2cc(-c3cc(F)c4nnn(C(C)C)c4c3)c(Cl)cn2)C1. The molecular formula is C23H26ClFN6O2. The van der Waals surface area contributed by atoms with E-state index in [9.17, 15) is 14.0 Å². The Labute approximate surface area is 195 Å². The first-order chi connectivity index (χ1) is 15.7. The number of anilines is 1. The molecule has 4 rings (SSSR count). The molecule has 2 aromatic heterocycles. The van der Waals surface area contributed by atoms with E-state index in [2.05, 4.69) is 25.9 Å². The monoisotopic (exact) mass is 472 g/mol. The zero-order valence-electron chi connectivity index (χ0n) is 18.7. The van der Waals surface area contributed by atoms with Crippen LogP contribution in [0.5, 0.6) is 0 Å². The summed E-state index contributed by atoms with van der Waals surface area (Å²) < 4.78 is 16.4. The number of pyridine rings is 1. The predicted octanol–water partition coefficient (Wildman–Crippen LogP) is 4.50. The van der Waals surface area contributed by atoms with Crippen LogP contribution in [0.25, 0.3) is 22.2 Å². The molecule has 8 nitrogen and oxygen atoms in total. The van der Waals surface area contributed by atoms with Gasteiger partial charge in [-0.1, -0.05) is 23.2 Å². The molecule has 3 aromatic rings. The molecule has 0 radical (unpaired) electrons. The van der Waals surface area contributed by atoms with Crippen LogP contribution in [0, 0.1) is 11.7 Å². The molecule has 2 N–H and O–H groups in total. The van der Waals surface area contributed by atoms with Crippen molar-refractivity contribution in [3.05, 3.63) is 35.2 Å². The zero-order chi connectivity index (χ0) is 23.7. The Morgan fingerprint density at radius 1 is 1.24 bits per heavy atom. The molecular weight excluding hydrogens is 447 g/mol. The summed E-state index contributed by atoms with van der Waals surface area (Å²) in [6.45, 7) is 5.36. The number of fused-ring (bicyclic) bond motifs is 1. The van der Waals surface area contributed by atoms with Crippen LogP contribution in [-0.2, 0) is 9.59 Å². The fourth-order valence-corrected chi connectivity index (χ4v) is 4.55. The molecule has 0 unspecified atom stereocenters. The second-order valence-electron chi connectivity index (χ2n) is 8.75. The average Bonchev–Trinajstić information content (AvgIpc) is 3.20. The van der Waals surface area contributed by atoms with E-state index in [-0.39, 0.29) is 35.3 Å². The van der Waals surface area contributed by atoms with E-state index in [1.807, 2.05) is 13.8 Å². The number of hydrogen-bond donors (Lipinski definition) is 2. The van der Waals surface area contributed by atoms with E-state index < -0.39 is 5.82 Å². The largest absolute Gasteiger partial charge is 0.354 e. The Morgan fingerprint density at radius 2 is 2.03 bits per heavy atom. The lowest BCUT2D eigenvalue weighted by atomic mass is 9.85. The van der Waals surface area contributed by atoms with Crippen molar-refractivity contribution in [1.29, 1.82) is 0 Å². The normalized spacial score (nSPS) is 18.5. The van der Waals surface area contributed by atoms with E-state index in [0.717, 1.165) is 19.3 Å². The van der Waals surface area contributed by atoms with Gasteiger partial charge in [0.05, 0.1) is 10.5 Å².